The highest BCUT2D eigenvalue weighted by molar-refractivity contribution is 5.95. The zero-order chi connectivity index (χ0) is 22.1. The third-order valence-corrected chi connectivity index (χ3v) is 5.25. The Morgan fingerprint density at radius 1 is 1.00 bits per heavy atom. The van der Waals surface area contributed by atoms with Gasteiger partial charge in [-0.3, -0.25) is 19.9 Å². The number of carbonyl (C=O) groups is 2. The largest absolute Gasteiger partial charge is 0.493 e. The smallest absolute Gasteiger partial charge is 0.321 e. The maximum Gasteiger partial charge on any atom is 0.321 e. The van der Waals surface area contributed by atoms with Crippen LogP contribution in [0.5, 0.6) is 17.2 Å². The summed E-state index contributed by atoms with van der Waals surface area (Å²) >= 11 is 0. The van der Waals surface area contributed by atoms with Gasteiger partial charge in [0.05, 0.1) is 27.9 Å². The summed E-state index contributed by atoms with van der Waals surface area (Å²) in [6, 6.07) is 3.46. The second-order valence-corrected chi connectivity index (χ2v) is 7.38. The summed E-state index contributed by atoms with van der Waals surface area (Å²) in [6.45, 7) is 7.91. The fourth-order valence-electron chi connectivity index (χ4n) is 3.37. The number of benzene rings is 1. The van der Waals surface area contributed by atoms with Gasteiger partial charge in [0, 0.05) is 44.3 Å². The molecule has 9 nitrogen and oxygen atoms in total. The van der Waals surface area contributed by atoms with E-state index in [0.29, 0.717) is 23.8 Å². The maximum absolute atomic E-state index is 12.1. The topological polar surface area (TPSA) is 92.4 Å². The van der Waals surface area contributed by atoms with E-state index in [1.54, 1.807) is 21.3 Å². The summed E-state index contributed by atoms with van der Waals surface area (Å²) < 4.78 is 16.4. The molecule has 2 rings (SSSR count). The van der Waals surface area contributed by atoms with Crippen LogP contribution in [0.3, 0.4) is 0 Å². The molecule has 1 aliphatic heterocycles. The lowest BCUT2D eigenvalue weighted by Crippen LogP contribution is -2.51. The first-order valence-electron chi connectivity index (χ1n) is 10.2. The van der Waals surface area contributed by atoms with E-state index >= 15 is 0 Å². The maximum atomic E-state index is 12.1. The highest BCUT2D eigenvalue weighted by atomic mass is 16.5. The number of amides is 3. The van der Waals surface area contributed by atoms with Crippen molar-refractivity contribution in [3.8, 4) is 17.2 Å². The molecule has 0 bridgehead atoms. The number of hydrogen-bond acceptors (Lipinski definition) is 7. The van der Waals surface area contributed by atoms with Crippen LogP contribution in [0.25, 0.3) is 0 Å². The van der Waals surface area contributed by atoms with E-state index in [4.69, 9.17) is 14.2 Å². The Labute approximate surface area is 178 Å². The van der Waals surface area contributed by atoms with Crippen LogP contribution < -0.4 is 24.8 Å². The van der Waals surface area contributed by atoms with E-state index in [-0.39, 0.29) is 18.5 Å². The Balaban J connectivity index is 1.85. The molecular weight excluding hydrogens is 388 g/mol. The van der Waals surface area contributed by atoms with Gasteiger partial charge in [0.1, 0.15) is 0 Å². The molecule has 9 heteroatoms. The normalized spacial score (nSPS) is 15.9. The lowest BCUT2D eigenvalue weighted by Gasteiger charge is -2.34. The molecule has 0 saturated carbocycles. The lowest BCUT2D eigenvalue weighted by atomic mass is 10.1. The summed E-state index contributed by atoms with van der Waals surface area (Å²) in [4.78, 5) is 28.2. The van der Waals surface area contributed by atoms with Crippen molar-refractivity contribution in [2.75, 3.05) is 54.1 Å². The molecule has 1 fully saturated rings. The minimum atomic E-state index is -0.437. The summed E-state index contributed by atoms with van der Waals surface area (Å²) in [7, 11) is 4.81. The van der Waals surface area contributed by atoms with Crippen molar-refractivity contribution >= 4 is 11.9 Å². The molecule has 1 aromatic rings. The predicted molar refractivity (Wildman–Crippen MR) is 114 cm³/mol. The number of ether oxygens (including phenoxy) is 3. The van der Waals surface area contributed by atoms with E-state index in [2.05, 4.69) is 15.5 Å². The minimum Gasteiger partial charge on any atom is -0.493 e. The highest BCUT2D eigenvalue weighted by Crippen LogP contribution is 2.40. The second-order valence-electron chi connectivity index (χ2n) is 7.38. The third kappa shape index (κ3) is 6.50. The van der Waals surface area contributed by atoms with Crippen molar-refractivity contribution < 1.29 is 23.8 Å². The number of imide groups is 1. The van der Waals surface area contributed by atoms with E-state index in [9.17, 15) is 9.59 Å². The minimum absolute atomic E-state index is 0.0370. The molecule has 0 aromatic heterocycles. The van der Waals surface area contributed by atoms with Crippen LogP contribution in [0, 0.1) is 0 Å². The van der Waals surface area contributed by atoms with Crippen molar-refractivity contribution in [1.29, 1.82) is 0 Å². The first-order chi connectivity index (χ1) is 14.4. The summed E-state index contributed by atoms with van der Waals surface area (Å²) in [5, 5.41) is 5.13. The van der Waals surface area contributed by atoms with Crippen LogP contribution in [0.2, 0.25) is 0 Å². The molecule has 1 saturated heterocycles. The fraction of sp³-hybridized carbons (Fsp3) is 0.619. The van der Waals surface area contributed by atoms with Gasteiger partial charge in [-0.25, -0.2) is 4.79 Å². The van der Waals surface area contributed by atoms with E-state index < -0.39 is 6.03 Å². The molecule has 30 heavy (non-hydrogen) atoms. The van der Waals surface area contributed by atoms with Crippen molar-refractivity contribution in [2.24, 2.45) is 0 Å². The predicted octanol–water partition coefficient (Wildman–Crippen LogP) is 1.45. The lowest BCUT2D eigenvalue weighted by molar-refractivity contribution is -0.121. The Bertz CT molecular complexity index is 720. The standard InChI is InChI=1S/C21H34N4O5/c1-6-15(2)22-21(27)23-18(26)14-25-11-9-24(10-12-25)13-16-7-8-17(28-3)20(30-5)19(16)29-4/h7-8,15H,6,9-14H2,1-5H3,(H2,22,23,26,27)/t15-/m1/s1. The number of piperazine rings is 1. The van der Waals surface area contributed by atoms with Crippen molar-refractivity contribution in [3.05, 3.63) is 17.7 Å². The van der Waals surface area contributed by atoms with Gasteiger partial charge in [-0.05, 0) is 19.4 Å². The molecule has 1 heterocycles. The van der Waals surface area contributed by atoms with Gasteiger partial charge < -0.3 is 19.5 Å². The summed E-state index contributed by atoms with van der Waals surface area (Å²) in [5.41, 5.74) is 1.02. The Morgan fingerprint density at radius 3 is 2.20 bits per heavy atom. The van der Waals surface area contributed by atoms with Crippen LogP contribution in [0.4, 0.5) is 4.79 Å². The average Bonchev–Trinajstić information content (AvgIpc) is 2.74. The summed E-state index contributed by atoms with van der Waals surface area (Å²) in [6.07, 6.45) is 0.814. The van der Waals surface area contributed by atoms with E-state index in [1.165, 1.54) is 0 Å². The average molecular weight is 423 g/mol. The number of methoxy groups -OCH3 is 3. The monoisotopic (exact) mass is 422 g/mol. The number of rotatable bonds is 9. The van der Waals surface area contributed by atoms with Crippen LogP contribution in [-0.4, -0.2) is 81.8 Å². The zero-order valence-corrected chi connectivity index (χ0v) is 18.6. The number of urea groups is 1. The van der Waals surface area contributed by atoms with Gasteiger partial charge in [0.25, 0.3) is 0 Å². The molecular formula is C21H34N4O5. The number of nitrogens with zero attached hydrogens (tertiary/aromatic N) is 2. The Hall–Kier alpha value is -2.52. The first kappa shape index (κ1) is 23.8. The van der Waals surface area contributed by atoms with Gasteiger partial charge in [-0.2, -0.15) is 0 Å². The van der Waals surface area contributed by atoms with Crippen molar-refractivity contribution in [2.45, 2.75) is 32.9 Å². The quantitative estimate of drug-likeness (QED) is 0.622. The molecule has 0 radical (unpaired) electrons. The molecule has 0 unspecified atom stereocenters. The molecule has 3 amide bonds. The van der Waals surface area contributed by atoms with Gasteiger partial charge in [-0.15, -0.1) is 0 Å². The van der Waals surface area contributed by atoms with Crippen LogP contribution in [-0.2, 0) is 11.3 Å². The van der Waals surface area contributed by atoms with Crippen molar-refractivity contribution in [1.82, 2.24) is 20.4 Å². The SMILES string of the molecule is CC[C@@H](C)NC(=O)NC(=O)CN1CCN(Cc2ccc(OC)c(OC)c2OC)CC1. The van der Waals surface area contributed by atoms with Gasteiger partial charge in [0.2, 0.25) is 11.7 Å². The van der Waals surface area contributed by atoms with Gasteiger partial charge >= 0.3 is 6.03 Å². The number of hydrogen-bond donors (Lipinski definition) is 2. The molecule has 1 atom stereocenters. The highest BCUT2D eigenvalue weighted by Gasteiger charge is 2.22. The first-order valence-corrected chi connectivity index (χ1v) is 10.2. The van der Waals surface area contributed by atoms with Crippen LogP contribution in [0.15, 0.2) is 12.1 Å². The van der Waals surface area contributed by atoms with E-state index in [1.807, 2.05) is 30.9 Å². The van der Waals surface area contributed by atoms with Crippen LogP contribution in [0.1, 0.15) is 25.8 Å². The number of carbonyl (C=O) groups excluding carboxylic acids is 2. The van der Waals surface area contributed by atoms with Crippen LogP contribution >= 0.6 is 0 Å². The molecule has 1 aromatic carbocycles. The molecule has 0 aliphatic carbocycles. The number of nitrogens with one attached hydrogen (secondary N) is 2. The van der Waals surface area contributed by atoms with Crippen molar-refractivity contribution in [3.63, 3.8) is 0 Å². The molecule has 168 valence electrons. The molecule has 1 aliphatic rings. The Morgan fingerprint density at radius 2 is 1.63 bits per heavy atom. The molecule has 0 spiro atoms. The third-order valence-electron chi connectivity index (χ3n) is 5.25. The zero-order valence-electron chi connectivity index (χ0n) is 18.6. The fourth-order valence-corrected chi connectivity index (χ4v) is 3.37. The Kier molecular flexibility index (Phi) is 9.19. The van der Waals surface area contributed by atoms with E-state index in [0.717, 1.165) is 38.2 Å². The van der Waals surface area contributed by atoms with Gasteiger partial charge in [0.15, 0.2) is 11.5 Å². The second kappa shape index (κ2) is 11.6. The molecule has 2 N–H and O–H groups in total. The van der Waals surface area contributed by atoms with Gasteiger partial charge in [-0.1, -0.05) is 13.0 Å². The summed E-state index contributed by atoms with van der Waals surface area (Å²) in [5.74, 6) is 1.60.